The van der Waals surface area contributed by atoms with Gasteiger partial charge in [-0.25, -0.2) is 14.7 Å². The number of hydrogen-bond acceptors (Lipinski definition) is 6. The summed E-state index contributed by atoms with van der Waals surface area (Å²) in [5.41, 5.74) is -0.543. The lowest BCUT2D eigenvalue weighted by molar-refractivity contribution is -0.146. The fourth-order valence-corrected chi connectivity index (χ4v) is 1.77. The number of ether oxygens (including phenoxy) is 1. The van der Waals surface area contributed by atoms with Gasteiger partial charge in [-0.15, -0.1) is 5.10 Å². The molecule has 2 rings (SSSR count). The van der Waals surface area contributed by atoms with E-state index in [4.69, 9.17) is 4.74 Å². The van der Waals surface area contributed by atoms with E-state index >= 15 is 0 Å². The molecule has 8 nitrogen and oxygen atoms in total. The molecule has 0 radical (unpaired) electrons. The van der Waals surface area contributed by atoms with Gasteiger partial charge < -0.3 is 10.1 Å². The van der Waals surface area contributed by atoms with Crippen molar-refractivity contribution >= 4 is 11.8 Å². The number of aromatic nitrogens is 3. The van der Waals surface area contributed by atoms with Crippen LogP contribution in [0.5, 0.6) is 0 Å². The van der Waals surface area contributed by atoms with Crippen LogP contribution in [0.3, 0.4) is 0 Å². The van der Waals surface area contributed by atoms with Gasteiger partial charge in [-0.3, -0.25) is 9.78 Å². The van der Waals surface area contributed by atoms with Crippen molar-refractivity contribution in [3.8, 4) is 0 Å². The smallest absolute Gasteiger partial charge is 0.342 e. The number of nitrogens with one attached hydrogen (secondary N) is 3. The second-order valence-corrected chi connectivity index (χ2v) is 4.55. The second-order valence-electron chi connectivity index (χ2n) is 4.55. The maximum atomic E-state index is 12.0. The molecule has 1 atom stereocenters. The SMILES string of the molecule is CCC(Nc1n[nH]c(=O)[nH]c1=O)C(=O)OCc1ccccc1. The number of benzene rings is 1. The highest BCUT2D eigenvalue weighted by Crippen LogP contribution is 2.05. The van der Waals surface area contributed by atoms with Gasteiger partial charge in [0.05, 0.1) is 0 Å². The van der Waals surface area contributed by atoms with E-state index in [0.29, 0.717) is 6.42 Å². The van der Waals surface area contributed by atoms with Crippen LogP contribution in [0.4, 0.5) is 5.82 Å². The molecule has 1 heterocycles. The molecule has 0 aliphatic heterocycles. The third-order valence-corrected chi connectivity index (χ3v) is 2.94. The summed E-state index contributed by atoms with van der Waals surface area (Å²) in [7, 11) is 0. The van der Waals surface area contributed by atoms with Crippen molar-refractivity contribution in [1.82, 2.24) is 15.2 Å². The number of carbonyl (C=O) groups excluding carboxylic acids is 1. The first kappa shape index (κ1) is 15.5. The maximum absolute atomic E-state index is 12.0. The highest BCUT2D eigenvalue weighted by molar-refractivity contribution is 5.78. The Bertz CT molecular complexity index is 738. The second kappa shape index (κ2) is 7.21. The van der Waals surface area contributed by atoms with Gasteiger partial charge in [0.1, 0.15) is 12.6 Å². The molecular formula is C14H16N4O4. The molecule has 0 fully saturated rings. The molecule has 0 spiro atoms. The van der Waals surface area contributed by atoms with Crippen molar-refractivity contribution in [3.05, 3.63) is 56.7 Å². The number of esters is 1. The highest BCUT2D eigenvalue weighted by atomic mass is 16.5. The quantitative estimate of drug-likeness (QED) is 0.665. The Morgan fingerprint density at radius 1 is 1.32 bits per heavy atom. The van der Waals surface area contributed by atoms with Crippen LogP contribution in [0.15, 0.2) is 39.9 Å². The van der Waals surface area contributed by atoms with Crippen LogP contribution in [0, 0.1) is 0 Å². The fraction of sp³-hybridized carbons (Fsp3) is 0.286. The predicted octanol–water partition coefficient (Wildman–Crippen LogP) is 0.392. The minimum Gasteiger partial charge on any atom is -0.459 e. The molecule has 0 saturated heterocycles. The standard InChI is InChI=1S/C14H16N4O4/c1-2-10(15-11-12(19)16-14(21)18-17-11)13(20)22-8-9-6-4-3-5-7-9/h3-7,10H,2,8H2,1H3,(H,15,17)(H2,16,18,19,21). The van der Waals surface area contributed by atoms with E-state index in [-0.39, 0.29) is 12.4 Å². The van der Waals surface area contributed by atoms with Gasteiger partial charge in [-0.2, -0.15) is 0 Å². The summed E-state index contributed by atoms with van der Waals surface area (Å²) in [6.07, 6.45) is 0.397. The van der Waals surface area contributed by atoms with E-state index < -0.39 is 23.3 Å². The minimum atomic E-state index is -0.733. The lowest BCUT2D eigenvalue weighted by Gasteiger charge is -2.15. The number of aromatic amines is 2. The lowest BCUT2D eigenvalue weighted by Crippen LogP contribution is -2.35. The average molecular weight is 304 g/mol. The van der Waals surface area contributed by atoms with Crippen LogP contribution in [-0.4, -0.2) is 27.2 Å². The molecule has 0 bridgehead atoms. The molecule has 0 saturated carbocycles. The van der Waals surface area contributed by atoms with Crippen molar-refractivity contribution < 1.29 is 9.53 Å². The van der Waals surface area contributed by atoms with E-state index in [1.807, 2.05) is 35.3 Å². The molecule has 1 aromatic heterocycles. The Labute approximate surface area is 125 Å². The molecule has 2 aromatic rings. The van der Waals surface area contributed by atoms with Gasteiger partial charge in [0.2, 0.25) is 5.82 Å². The third-order valence-electron chi connectivity index (χ3n) is 2.94. The third kappa shape index (κ3) is 4.05. The molecule has 1 aromatic carbocycles. The Kier molecular flexibility index (Phi) is 5.07. The van der Waals surface area contributed by atoms with E-state index in [1.165, 1.54) is 0 Å². The molecular weight excluding hydrogens is 288 g/mol. The first-order chi connectivity index (χ1) is 10.6. The van der Waals surface area contributed by atoms with Crippen LogP contribution < -0.4 is 16.6 Å². The van der Waals surface area contributed by atoms with Gasteiger partial charge in [-0.1, -0.05) is 37.3 Å². The number of anilines is 1. The first-order valence-corrected chi connectivity index (χ1v) is 6.76. The highest BCUT2D eigenvalue weighted by Gasteiger charge is 2.20. The summed E-state index contributed by atoms with van der Waals surface area (Å²) in [4.78, 5) is 36.5. The van der Waals surface area contributed by atoms with E-state index in [9.17, 15) is 14.4 Å². The summed E-state index contributed by atoms with van der Waals surface area (Å²) in [6, 6.07) is 8.52. The summed E-state index contributed by atoms with van der Waals surface area (Å²) >= 11 is 0. The van der Waals surface area contributed by atoms with Crippen molar-refractivity contribution in [3.63, 3.8) is 0 Å². The number of hydrogen-bond donors (Lipinski definition) is 3. The zero-order valence-corrected chi connectivity index (χ0v) is 12.0. The van der Waals surface area contributed by atoms with Gasteiger partial charge >= 0.3 is 11.7 Å². The van der Waals surface area contributed by atoms with Gasteiger partial charge in [0.25, 0.3) is 5.56 Å². The molecule has 3 N–H and O–H groups in total. The Morgan fingerprint density at radius 3 is 2.68 bits per heavy atom. The summed E-state index contributed by atoms with van der Waals surface area (Å²) < 4.78 is 5.20. The van der Waals surface area contributed by atoms with Crippen molar-refractivity contribution in [1.29, 1.82) is 0 Å². The lowest BCUT2D eigenvalue weighted by atomic mass is 10.2. The molecule has 116 valence electrons. The van der Waals surface area contributed by atoms with Crippen LogP contribution in [0.25, 0.3) is 0 Å². The van der Waals surface area contributed by atoms with Gasteiger partial charge in [0.15, 0.2) is 0 Å². The van der Waals surface area contributed by atoms with Crippen molar-refractivity contribution in [2.45, 2.75) is 26.0 Å². The van der Waals surface area contributed by atoms with E-state index in [2.05, 4.69) is 15.5 Å². The largest absolute Gasteiger partial charge is 0.459 e. The van der Waals surface area contributed by atoms with Gasteiger partial charge in [-0.05, 0) is 12.0 Å². The zero-order valence-electron chi connectivity index (χ0n) is 12.0. The molecule has 0 aliphatic rings. The molecule has 1 unspecified atom stereocenters. The topological polar surface area (TPSA) is 117 Å². The fourth-order valence-electron chi connectivity index (χ4n) is 1.77. The summed E-state index contributed by atoms with van der Waals surface area (Å²) in [6.45, 7) is 1.91. The van der Waals surface area contributed by atoms with E-state index in [1.54, 1.807) is 6.92 Å². The monoisotopic (exact) mass is 304 g/mol. The molecule has 8 heteroatoms. The number of rotatable bonds is 6. The van der Waals surface area contributed by atoms with Crippen LogP contribution in [0.2, 0.25) is 0 Å². The number of H-pyrrole nitrogens is 2. The van der Waals surface area contributed by atoms with Crippen molar-refractivity contribution in [2.75, 3.05) is 5.32 Å². The maximum Gasteiger partial charge on any atom is 0.342 e. The normalized spacial score (nSPS) is 11.7. The summed E-state index contributed by atoms with van der Waals surface area (Å²) in [5.74, 6) is -0.637. The van der Waals surface area contributed by atoms with Crippen LogP contribution >= 0.6 is 0 Å². The van der Waals surface area contributed by atoms with E-state index in [0.717, 1.165) is 5.56 Å². The Hall–Kier alpha value is -2.90. The van der Waals surface area contributed by atoms with Crippen LogP contribution in [-0.2, 0) is 16.1 Å². The predicted molar refractivity (Wildman–Crippen MR) is 79.4 cm³/mol. The average Bonchev–Trinajstić information content (AvgIpc) is 2.53. The minimum absolute atomic E-state index is 0.136. The summed E-state index contributed by atoms with van der Waals surface area (Å²) in [5, 5.41) is 8.32. The Morgan fingerprint density at radius 2 is 2.05 bits per heavy atom. The Balaban J connectivity index is 2.00. The molecule has 0 amide bonds. The molecule has 22 heavy (non-hydrogen) atoms. The van der Waals surface area contributed by atoms with Crippen molar-refractivity contribution in [2.24, 2.45) is 0 Å². The van der Waals surface area contributed by atoms with Gasteiger partial charge in [0, 0.05) is 0 Å². The first-order valence-electron chi connectivity index (χ1n) is 6.76. The number of carbonyl (C=O) groups is 1. The van der Waals surface area contributed by atoms with Crippen LogP contribution in [0.1, 0.15) is 18.9 Å². The zero-order chi connectivity index (χ0) is 15.9. The number of nitrogens with zero attached hydrogens (tertiary/aromatic N) is 1. The molecule has 0 aliphatic carbocycles.